The van der Waals surface area contributed by atoms with Crippen molar-refractivity contribution in [3.8, 4) is 39.9 Å². The maximum atomic E-state index is 6.41. The van der Waals surface area contributed by atoms with Gasteiger partial charge in [0.1, 0.15) is 11.6 Å². The van der Waals surface area contributed by atoms with Gasteiger partial charge in [-0.2, -0.15) is 17.2 Å². The minimum Gasteiger partial charge on any atom is -0.509 e. The number of methoxy groups -OCH3 is 1. The Morgan fingerprint density at radius 2 is 1.48 bits per heavy atom. The summed E-state index contributed by atoms with van der Waals surface area (Å²) in [4.78, 5) is 4.67. The molecule has 3 heterocycles. The average Bonchev–Trinajstić information content (AvgIpc) is 3.73. The van der Waals surface area contributed by atoms with E-state index < -0.39 is 0 Å². The van der Waals surface area contributed by atoms with Crippen LogP contribution in [0.5, 0.6) is 17.2 Å². The van der Waals surface area contributed by atoms with E-state index in [1.165, 1.54) is 16.7 Å². The number of fused-ring (bicyclic) bond motifs is 3. The molecule has 0 atom stereocenters. The van der Waals surface area contributed by atoms with Gasteiger partial charge in [0.05, 0.1) is 13.3 Å². The summed E-state index contributed by atoms with van der Waals surface area (Å²) < 4.78 is 15.9. The molecule has 4 aromatic carbocycles. The second-order valence-electron chi connectivity index (χ2n) is 13.5. The molecule has 0 aliphatic carbocycles. The summed E-state index contributed by atoms with van der Waals surface area (Å²) in [6, 6.07) is 35.8. The Morgan fingerprint density at radius 1 is 0.760 bits per heavy atom. The Morgan fingerprint density at radius 3 is 2.22 bits per heavy atom. The third kappa shape index (κ3) is 7.41. The topological polar surface area (TPSA) is 54.1 Å². The van der Waals surface area contributed by atoms with Crippen molar-refractivity contribution in [2.24, 2.45) is 11.8 Å². The zero-order chi connectivity index (χ0) is 33.9. The monoisotopic (exact) mass is 841 g/mol. The summed E-state index contributed by atoms with van der Waals surface area (Å²) in [5, 5.41) is 6.99. The maximum Gasteiger partial charge on any atom is 2.00 e. The fourth-order valence-electron chi connectivity index (χ4n) is 6.48. The molecule has 0 fully saturated rings. The number of benzene rings is 4. The van der Waals surface area contributed by atoms with E-state index in [2.05, 4.69) is 92.0 Å². The first-order chi connectivity index (χ1) is 23.9. The number of ether oxygens (including phenoxy) is 2. The van der Waals surface area contributed by atoms with Crippen molar-refractivity contribution >= 4 is 21.8 Å². The van der Waals surface area contributed by atoms with Gasteiger partial charge in [-0.25, -0.2) is 4.98 Å². The number of hydrogen-bond acceptors (Lipinski definition) is 4. The fraction of sp³-hybridized carbons (Fsp3) is 0.256. The van der Waals surface area contributed by atoms with Crippen molar-refractivity contribution in [2.45, 2.75) is 53.4 Å². The van der Waals surface area contributed by atoms with Crippen LogP contribution in [-0.4, -0.2) is 26.4 Å². The van der Waals surface area contributed by atoms with E-state index in [9.17, 15) is 0 Å². The van der Waals surface area contributed by atoms with Crippen molar-refractivity contribution in [1.82, 2.24) is 19.3 Å². The van der Waals surface area contributed by atoms with Crippen LogP contribution in [0.2, 0.25) is 0 Å². The number of aromatic nitrogens is 4. The van der Waals surface area contributed by atoms with Gasteiger partial charge < -0.3 is 14.0 Å². The van der Waals surface area contributed by atoms with Crippen LogP contribution < -0.4 is 9.47 Å². The van der Waals surface area contributed by atoms with Crippen molar-refractivity contribution in [1.29, 1.82) is 0 Å². The Hall–Kier alpha value is -4.67. The van der Waals surface area contributed by atoms with E-state index in [4.69, 9.17) is 14.6 Å². The Bertz CT molecular complexity index is 2200. The second-order valence-corrected chi connectivity index (χ2v) is 13.5. The molecule has 0 bridgehead atoms. The molecule has 0 spiro atoms. The molecule has 0 radical (unpaired) electrons. The van der Waals surface area contributed by atoms with Gasteiger partial charge >= 0.3 is 21.1 Å². The van der Waals surface area contributed by atoms with E-state index in [1.807, 2.05) is 59.4 Å². The molecule has 0 saturated heterocycles. The zero-order valence-corrected chi connectivity index (χ0v) is 31.5. The number of aryl methyl sites for hydroxylation is 2. The summed E-state index contributed by atoms with van der Waals surface area (Å²) >= 11 is 0. The van der Waals surface area contributed by atoms with E-state index in [0.29, 0.717) is 23.3 Å². The Labute approximate surface area is 309 Å². The average molecular weight is 842 g/mol. The summed E-state index contributed by atoms with van der Waals surface area (Å²) in [5.41, 5.74) is 7.96. The van der Waals surface area contributed by atoms with Crippen molar-refractivity contribution < 1.29 is 30.5 Å². The van der Waals surface area contributed by atoms with Gasteiger partial charge in [-0.3, -0.25) is 4.68 Å². The van der Waals surface area contributed by atoms with Gasteiger partial charge in [0.2, 0.25) is 0 Å². The van der Waals surface area contributed by atoms with Gasteiger partial charge in [0.15, 0.2) is 0 Å². The molecule has 256 valence electrons. The first-order valence-corrected chi connectivity index (χ1v) is 17.2. The summed E-state index contributed by atoms with van der Waals surface area (Å²) in [6.07, 6.45) is 10.3. The largest absolute Gasteiger partial charge is 2.00 e. The Kier molecular flexibility index (Phi) is 10.9. The van der Waals surface area contributed by atoms with E-state index >= 15 is 0 Å². The molecule has 50 heavy (non-hydrogen) atoms. The summed E-state index contributed by atoms with van der Waals surface area (Å²) in [7, 11) is 1.66. The fourth-order valence-corrected chi connectivity index (χ4v) is 6.48. The van der Waals surface area contributed by atoms with Crippen LogP contribution in [0, 0.1) is 24.0 Å². The minimum absolute atomic E-state index is 0. The van der Waals surface area contributed by atoms with E-state index in [0.717, 1.165) is 70.3 Å². The number of pyridine rings is 1. The number of para-hydroxylation sites is 1. The predicted octanol–water partition coefficient (Wildman–Crippen LogP) is 10.6. The van der Waals surface area contributed by atoms with Crippen molar-refractivity contribution in [3.05, 3.63) is 127 Å². The van der Waals surface area contributed by atoms with Crippen LogP contribution >= 0.6 is 0 Å². The molecule has 6 nitrogen and oxygen atoms in total. The molecule has 0 saturated carbocycles. The van der Waals surface area contributed by atoms with Crippen LogP contribution in [0.25, 0.3) is 44.4 Å². The molecule has 0 unspecified atom stereocenters. The molecule has 0 N–H and O–H groups in total. The molecule has 7 heteroatoms. The van der Waals surface area contributed by atoms with Crippen LogP contribution in [0.15, 0.2) is 104 Å². The minimum atomic E-state index is 0. The predicted molar refractivity (Wildman–Crippen MR) is 198 cm³/mol. The van der Waals surface area contributed by atoms with Gasteiger partial charge in [-0.1, -0.05) is 69.6 Å². The first kappa shape index (κ1) is 35.2. The molecule has 3 aromatic heterocycles. The third-order valence-electron chi connectivity index (χ3n) is 9.05. The van der Waals surface area contributed by atoms with Crippen molar-refractivity contribution in [3.63, 3.8) is 0 Å². The van der Waals surface area contributed by atoms with Crippen LogP contribution in [0.1, 0.15) is 51.7 Å². The third-order valence-corrected chi connectivity index (χ3v) is 9.05. The molecular weight excluding hydrogens is 800 g/mol. The van der Waals surface area contributed by atoms with Gasteiger partial charge in [0, 0.05) is 41.0 Å². The number of hydrogen-bond donors (Lipinski definition) is 0. The van der Waals surface area contributed by atoms with Gasteiger partial charge in [-0.05, 0) is 77.4 Å². The molecule has 0 aliphatic heterocycles. The van der Waals surface area contributed by atoms with Gasteiger partial charge in [-0.15, -0.1) is 35.7 Å². The summed E-state index contributed by atoms with van der Waals surface area (Å²) in [6.45, 7) is 9.16. The maximum absolute atomic E-state index is 6.41. The molecule has 7 aromatic rings. The van der Waals surface area contributed by atoms with Crippen LogP contribution in [-0.2, 0) is 33.9 Å². The second kappa shape index (κ2) is 15.5. The molecule has 0 aliphatic rings. The SMILES string of the molecule is COc1ccnc(-n2c3[c-]c(Oc4[c-]c(-n5cc(-c6c(CCC(C)C)cccc6CCC(C)C)cn5)ccc4)ccc3c3ccccc32)c1.[Pt+2]. The number of nitrogens with zero attached hydrogens (tertiary/aromatic N) is 4. The normalized spacial score (nSPS) is 11.4. The first-order valence-electron chi connectivity index (χ1n) is 17.2. The van der Waals surface area contributed by atoms with E-state index in [-0.39, 0.29) is 21.1 Å². The number of rotatable bonds is 12. The zero-order valence-electron chi connectivity index (χ0n) is 29.2. The van der Waals surface area contributed by atoms with E-state index in [1.54, 1.807) is 13.3 Å². The quantitative estimate of drug-likeness (QED) is 0.115. The van der Waals surface area contributed by atoms with Crippen LogP contribution in [0.4, 0.5) is 0 Å². The Balaban J connectivity index is 0.00000432. The molecule has 7 rings (SSSR count). The summed E-state index contributed by atoms with van der Waals surface area (Å²) in [5.74, 6) is 3.95. The van der Waals surface area contributed by atoms with Gasteiger partial charge in [0.25, 0.3) is 0 Å². The molecule has 0 amide bonds. The standard InChI is InChI=1S/C43H42N4O2.Pt/c1-29(2)16-18-31-10-8-11-32(19-17-30(3)4)43(31)33-27-45-46(28-33)34-12-9-13-36(24-34)49-37-20-21-39-38-14-6-7-15-40(38)47(41(39)25-37)42-26-35(48-5)22-23-44-42;/h6-15,20-23,26-30H,16-19H2,1-5H3;/q-2;+2. The molecular formula is C43H42N4O2Pt. The van der Waals surface area contributed by atoms with Crippen molar-refractivity contribution in [2.75, 3.05) is 7.11 Å². The smallest absolute Gasteiger partial charge is 0.509 e. The van der Waals surface area contributed by atoms with Crippen LogP contribution in [0.3, 0.4) is 0 Å².